The molecule has 108 heavy (non-hydrogen) atoms. The summed E-state index contributed by atoms with van der Waals surface area (Å²) in [6.07, 6.45) is 7.23. The van der Waals surface area contributed by atoms with Gasteiger partial charge in [-0.2, -0.15) is 0 Å². The predicted molar refractivity (Wildman–Crippen MR) is 389 cm³/mol. The van der Waals surface area contributed by atoms with Gasteiger partial charge in [-0.25, -0.2) is 55.7 Å². The van der Waals surface area contributed by atoms with Crippen LogP contribution in [0.3, 0.4) is 0 Å². The van der Waals surface area contributed by atoms with Gasteiger partial charge in [0.1, 0.15) is 67.0 Å². The van der Waals surface area contributed by atoms with Crippen LogP contribution in [0.5, 0.6) is 17.2 Å². The molecule has 22 nitrogen and oxygen atoms in total. The lowest BCUT2D eigenvalue weighted by molar-refractivity contribution is 0.0677. The summed E-state index contributed by atoms with van der Waals surface area (Å²) >= 11 is 0. The Morgan fingerprint density at radius 1 is 0.472 bits per heavy atom. The predicted octanol–water partition coefficient (Wildman–Crippen LogP) is 13.8. The highest BCUT2D eigenvalue weighted by Gasteiger charge is 2.28. The number of nitrogens with zero attached hydrogens (tertiary/aromatic N) is 6. The van der Waals surface area contributed by atoms with Gasteiger partial charge in [-0.1, -0.05) is 48.5 Å². The van der Waals surface area contributed by atoms with Gasteiger partial charge in [-0.05, 0) is 178 Å². The molecular weight excluding hydrogens is 1420 g/mol. The van der Waals surface area contributed by atoms with E-state index in [9.17, 15) is 68.9 Å². The Kier molecular flexibility index (Phi) is 31.7. The maximum Gasteiger partial charge on any atom is 0.407 e. The number of halogens is 9. The number of carbonyl (C=O) groups is 4. The van der Waals surface area contributed by atoms with Gasteiger partial charge in [0.15, 0.2) is 45.6 Å². The number of fused-ring (bicyclic) bond motifs is 3. The SMILES string of the molecule is CC(CN)(CCCF)NC(=O)OCc1ccccc1.CC(N)(CN)CCCF.Cc1cc(OCc2c(F)cccc2F)c2nc(C)c(C(=O)NCC(C)(N)CCCF)n2c1.Cc1cc(OCc2c(F)cccc2F)c2nc(C)c(C(=O)O)n2c1.Cc1cc(OCc2c(F)cccc2F)c2nc(C)c(C(=O)O)n2c1. The lowest BCUT2D eigenvalue weighted by Crippen LogP contribution is -2.51. The van der Waals surface area contributed by atoms with E-state index in [-0.39, 0.29) is 109 Å². The van der Waals surface area contributed by atoms with Crippen LogP contribution in [-0.4, -0.2) is 119 Å². The Hall–Kier alpha value is -10.8. The number of aromatic nitrogens is 6. The summed E-state index contributed by atoms with van der Waals surface area (Å²) in [4.78, 5) is 60.2. The van der Waals surface area contributed by atoms with E-state index in [0.29, 0.717) is 79.2 Å². The summed E-state index contributed by atoms with van der Waals surface area (Å²) < 4.78 is 145. The molecule has 0 saturated heterocycles. The van der Waals surface area contributed by atoms with Gasteiger partial charge in [0, 0.05) is 49.3 Å². The number of ether oxygens (including phenoxy) is 4. The Balaban J connectivity index is 0.000000220. The largest absolute Gasteiger partial charge is 0.485 e. The Morgan fingerprint density at radius 2 is 0.815 bits per heavy atom. The minimum atomic E-state index is -1.11. The van der Waals surface area contributed by atoms with E-state index in [1.165, 1.54) is 27.0 Å². The molecule has 12 N–H and O–H groups in total. The van der Waals surface area contributed by atoms with Crippen molar-refractivity contribution in [3.8, 4) is 17.2 Å². The van der Waals surface area contributed by atoms with E-state index in [1.807, 2.05) is 37.3 Å². The molecule has 10 aromatic rings. The van der Waals surface area contributed by atoms with Crippen molar-refractivity contribution in [2.24, 2.45) is 22.9 Å². The minimum absolute atomic E-state index is 0.0237. The van der Waals surface area contributed by atoms with Gasteiger partial charge in [0.25, 0.3) is 5.91 Å². The Morgan fingerprint density at radius 3 is 1.16 bits per heavy atom. The van der Waals surface area contributed by atoms with E-state index in [1.54, 1.807) is 96.6 Å². The quantitative estimate of drug-likeness (QED) is 0.0211. The fourth-order valence-electron chi connectivity index (χ4n) is 10.8. The Bertz CT molecular complexity index is 4490. The van der Waals surface area contributed by atoms with Crippen molar-refractivity contribution in [1.82, 2.24) is 38.8 Å². The molecule has 2 amide bonds. The summed E-state index contributed by atoms with van der Waals surface area (Å²) in [5.41, 5.74) is 25.8. The summed E-state index contributed by atoms with van der Waals surface area (Å²) in [6, 6.07) is 25.1. The molecule has 3 unspecified atom stereocenters. The van der Waals surface area contributed by atoms with Crippen molar-refractivity contribution in [1.29, 1.82) is 0 Å². The van der Waals surface area contributed by atoms with Crippen molar-refractivity contribution < 1.29 is 87.9 Å². The monoisotopic (exact) mass is 1510 g/mol. The first-order valence-corrected chi connectivity index (χ1v) is 34.2. The maximum absolute atomic E-state index is 14.0. The molecule has 10 rings (SSSR count). The fraction of sp³-hybridized carbons (Fsp3) is 0.364. The summed E-state index contributed by atoms with van der Waals surface area (Å²) in [6.45, 7) is 14.4. The third-order valence-electron chi connectivity index (χ3n) is 16.7. The highest BCUT2D eigenvalue weighted by Crippen LogP contribution is 2.30. The normalized spacial score (nSPS) is 12.6. The number of pyridine rings is 3. The number of nitrogens with one attached hydrogen (secondary N) is 2. The summed E-state index contributed by atoms with van der Waals surface area (Å²) in [5.74, 6) is -6.03. The molecule has 31 heteroatoms. The van der Waals surface area contributed by atoms with Crippen molar-refractivity contribution in [2.45, 2.75) is 144 Å². The molecule has 0 fully saturated rings. The number of benzene rings is 4. The van der Waals surface area contributed by atoms with Crippen molar-refractivity contribution in [3.05, 3.63) is 230 Å². The summed E-state index contributed by atoms with van der Waals surface area (Å²) in [5, 5.41) is 24.1. The minimum Gasteiger partial charge on any atom is -0.485 e. The molecule has 6 aromatic heterocycles. The molecule has 0 bridgehead atoms. The van der Waals surface area contributed by atoms with Crippen LogP contribution in [0, 0.1) is 76.4 Å². The van der Waals surface area contributed by atoms with Gasteiger partial charge in [-0.15, -0.1) is 0 Å². The molecular formula is C77H91F9N12O10. The van der Waals surface area contributed by atoms with Crippen LogP contribution in [0.1, 0.15) is 147 Å². The van der Waals surface area contributed by atoms with Crippen LogP contribution in [-0.2, 0) is 31.2 Å². The Labute approximate surface area is 618 Å². The first-order chi connectivity index (χ1) is 51.1. The number of aromatic carboxylic acids is 2. The number of carboxylic acid groups (broad SMARTS) is 2. The number of alkyl halides is 3. The van der Waals surface area contributed by atoms with Gasteiger partial charge >= 0.3 is 18.0 Å². The first-order valence-electron chi connectivity index (χ1n) is 34.2. The number of carbonyl (C=O) groups excluding carboxylic acids is 2. The van der Waals surface area contributed by atoms with Gasteiger partial charge in [0.05, 0.1) is 59.3 Å². The average molecular weight is 1520 g/mol. The maximum atomic E-state index is 14.0. The first kappa shape index (κ1) is 86.2. The van der Waals surface area contributed by atoms with E-state index in [0.717, 1.165) is 58.7 Å². The molecule has 0 aliphatic rings. The highest BCUT2D eigenvalue weighted by molar-refractivity contribution is 5.95. The topological polar surface area (TPSA) is 326 Å². The lowest BCUT2D eigenvalue weighted by Gasteiger charge is -2.28. The van der Waals surface area contributed by atoms with Crippen molar-refractivity contribution >= 4 is 40.9 Å². The van der Waals surface area contributed by atoms with Crippen LogP contribution >= 0.6 is 0 Å². The fourth-order valence-corrected chi connectivity index (χ4v) is 10.8. The molecule has 4 aromatic carbocycles. The van der Waals surface area contributed by atoms with Crippen LogP contribution in [0.2, 0.25) is 0 Å². The van der Waals surface area contributed by atoms with Crippen LogP contribution in [0.15, 0.2) is 122 Å². The molecule has 0 radical (unpaired) electrons. The smallest absolute Gasteiger partial charge is 0.407 e. The van der Waals surface area contributed by atoms with E-state index in [4.69, 9.17) is 41.9 Å². The second-order valence-electron chi connectivity index (χ2n) is 26.5. The summed E-state index contributed by atoms with van der Waals surface area (Å²) in [7, 11) is 0. The molecule has 0 spiro atoms. The second kappa shape index (κ2) is 39.7. The van der Waals surface area contributed by atoms with Gasteiger partial charge in [0.2, 0.25) is 0 Å². The van der Waals surface area contributed by atoms with Crippen molar-refractivity contribution in [3.63, 3.8) is 0 Å². The lowest BCUT2D eigenvalue weighted by atomic mass is 9.96. The molecule has 0 saturated carbocycles. The van der Waals surface area contributed by atoms with Crippen LogP contribution in [0.25, 0.3) is 16.9 Å². The number of aryl methyl sites for hydroxylation is 6. The molecule has 3 atom stereocenters. The van der Waals surface area contributed by atoms with Crippen molar-refractivity contribution in [2.75, 3.05) is 39.7 Å². The van der Waals surface area contributed by atoms with Crippen LogP contribution in [0.4, 0.5) is 44.3 Å². The third kappa shape index (κ3) is 24.1. The number of nitrogens with two attached hydrogens (primary N) is 4. The van der Waals surface area contributed by atoms with E-state index >= 15 is 0 Å². The highest BCUT2D eigenvalue weighted by atomic mass is 19.2. The molecule has 0 aliphatic carbocycles. The zero-order valence-corrected chi connectivity index (χ0v) is 61.4. The second-order valence-corrected chi connectivity index (χ2v) is 26.5. The van der Waals surface area contributed by atoms with Gasteiger partial charge in [-0.3, -0.25) is 31.2 Å². The number of hydrogen-bond acceptors (Lipinski definition) is 15. The van der Waals surface area contributed by atoms with E-state index in [2.05, 4.69) is 25.6 Å². The number of imidazole rings is 3. The van der Waals surface area contributed by atoms with Gasteiger partial charge < -0.3 is 62.7 Å². The van der Waals surface area contributed by atoms with Crippen LogP contribution < -0.4 is 47.8 Å². The standard InChI is InChI=1S/C23H27F3N4O2.2C17H14F2N2O3.C14H21FN2O2.C6H15FN2/c1-14-10-19(32-12-16-17(25)6-4-7-18(16)26)21-29-15(2)20(30(21)11-14)22(31)28-13-23(3,27)8-5-9-24;2*1-9-6-14(24-8-11-12(18)4-3-5-13(11)19)16-20-10(2)15(17(22)23)21(16)7-9;1-14(11-16,8-5-9-15)17-13(18)19-10-12-6-3-2-4-7-12;1-6(9,5-8)3-2-4-7/h4,6-7,10-11H,5,8-9,12-13,27H2,1-3H3,(H,28,31);2*3-7H,8H2,1-2H3,(H,22,23);2-4,6-7H,5,8-11,16H2,1H3,(H,17,18);2-5,8-9H2,1H3. The zero-order chi connectivity index (χ0) is 79.8. The average Bonchev–Trinajstić information content (AvgIpc) is 1.64. The number of amides is 2. The number of hydrogen-bond donors (Lipinski definition) is 8. The third-order valence-corrected chi connectivity index (χ3v) is 16.7. The van der Waals surface area contributed by atoms with E-state index < -0.39 is 77.4 Å². The molecule has 0 aliphatic heterocycles. The number of rotatable bonds is 28. The number of alkyl carbamates (subject to hydrolysis) is 1. The molecule has 582 valence electrons. The zero-order valence-electron chi connectivity index (χ0n) is 61.4. The molecule has 6 heterocycles. The number of carboxylic acids is 2.